The van der Waals surface area contributed by atoms with E-state index in [0.717, 1.165) is 0 Å². The molecule has 0 heterocycles. The summed E-state index contributed by atoms with van der Waals surface area (Å²) in [5, 5.41) is 2.43. The molecule has 1 rings (SSSR count). The van der Waals surface area contributed by atoms with E-state index < -0.39 is 29.0 Å². The van der Waals surface area contributed by atoms with Crippen molar-refractivity contribution >= 4 is 29.0 Å². The second-order valence-corrected chi connectivity index (χ2v) is 5.00. The zero-order chi connectivity index (χ0) is 15.8. The summed E-state index contributed by atoms with van der Waals surface area (Å²) >= 11 is -2.38. The molecule has 7 heteroatoms. The van der Waals surface area contributed by atoms with Crippen molar-refractivity contribution in [3.05, 3.63) is 35.9 Å². The molecule has 0 saturated heterocycles. The summed E-state index contributed by atoms with van der Waals surface area (Å²) < 4.78 is 26.8. The smallest absolute Gasteiger partial charge is 0.328 e. The zero-order valence-electron chi connectivity index (χ0n) is 11.7. The van der Waals surface area contributed by atoms with Crippen LogP contribution in [0, 0.1) is 0 Å². The molecule has 1 aromatic rings. The molecule has 1 unspecified atom stereocenters. The first-order valence-corrected chi connectivity index (χ1v) is 7.36. The maximum atomic E-state index is 11.7. The number of esters is 1. The molecule has 0 aliphatic rings. The fraction of sp³-hybridized carbons (Fsp3) is 0.286. The number of benzene rings is 1. The molecule has 6 nitrogen and oxygen atoms in total. The molecule has 0 saturated carbocycles. The van der Waals surface area contributed by atoms with Gasteiger partial charge in [-0.05, 0) is 42.6 Å². The molecule has 0 aliphatic carbocycles. The standard InChI is InChI=1S/C14H17NO5S/c1-3-20-14(17)10(2)15-13(16)9-8-11-6-4-5-7-12(11)21(18)19/h4-10H,3H2,1-2H3,(H,15,16)(H,18,19)/p-1/b9-8+/t10-/m0/s1. The minimum absolute atomic E-state index is 0.0972. The summed E-state index contributed by atoms with van der Waals surface area (Å²) in [5.41, 5.74) is 0.393. The van der Waals surface area contributed by atoms with Crippen molar-refractivity contribution in [3.63, 3.8) is 0 Å². The molecule has 0 radical (unpaired) electrons. The van der Waals surface area contributed by atoms with Crippen molar-refractivity contribution in [2.45, 2.75) is 24.8 Å². The summed E-state index contributed by atoms with van der Waals surface area (Å²) in [6.07, 6.45) is 2.54. The van der Waals surface area contributed by atoms with Crippen LogP contribution >= 0.6 is 0 Å². The van der Waals surface area contributed by atoms with Gasteiger partial charge in [0.25, 0.3) is 0 Å². The molecule has 0 bridgehead atoms. The van der Waals surface area contributed by atoms with Crippen LogP contribution in [0.5, 0.6) is 0 Å². The Balaban J connectivity index is 2.71. The number of amides is 1. The first kappa shape index (κ1) is 17.1. The molecule has 2 atom stereocenters. The average molecular weight is 310 g/mol. The van der Waals surface area contributed by atoms with Gasteiger partial charge in [-0.15, -0.1) is 0 Å². The van der Waals surface area contributed by atoms with Gasteiger partial charge in [0.2, 0.25) is 5.91 Å². The molecular formula is C14H16NO5S-. The Morgan fingerprint density at radius 1 is 1.43 bits per heavy atom. The van der Waals surface area contributed by atoms with Crippen molar-refractivity contribution in [1.82, 2.24) is 5.32 Å². The van der Waals surface area contributed by atoms with Crippen molar-refractivity contribution in [3.8, 4) is 0 Å². The van der Waals surface area contributed by atoms with Gasteiger partial charge in [0.15, 0.2) is 0 Å². The van der Waals surface area contributed by atoms with Gasteiger partial charge in [-0.25, -0.2) is 4.79 Å². The van der Waals surface area contributed by atoms with Crippen molar-refractivity contribution in [2.24, 2.45) is 0 Å². The molecule has 0 fully saturated rings. The SMILES string of the molecule is CCOC(=O)[C@H](C)NC(=O)/C=C/c1ccccc1S(=O)[O-]. The average Bonchev–Trinajstić information content (AvgIpc) is 2.45. The third-order valence-electron chi connectivity index (χ3n) is 2.51. The minimum atomic E-state index is -2.38. The second kappa shape index (κ2) is 8.33. The molecule has 21 heavy (non-hydrogen) atoms. The number of rotatable bonds is 6. The van der Waals surface area contributed by atoms with Crippen LogP contribution < -0.4 is 5.32 Å². The van der Waals surface area contributed by atoms with Crippen LogP contribution in [-0.2, 0) is 25.4 Å². The Morgan fingerprint density at radius 2 is 2.10 bits per heavy atom. The van der Waals surface area contributed by atoms with E-state index in [0.29, 0.717) is 5.56 Å². The monoisotopic (exact) mass is 310 g/mol. The molecule has 1 amide bonds. The van der Waals surface area contributed by atoms with E-state index >= 15 is 0 Å². The van der Waals surface area contributed by atoms with Crippen LogP contribution in [0.4, 0.5) is 0 Å². The Morgan fingerprint density at radius 3 is 2.71 bits per heavy atom. The van der Waals surface area contributed by atoms with Gasteiger partial charge >= 0.3 is 5.97 Å². The zero-order valence-corrected chi connectivity index (χ0v) is 12.5. The predicted molar refractivity (Wildman–Crippen MR) is 76.9 cm³/mol. The molecule has 0 spiro atoms. The molecule has 0 aromatic heterocycles. The lowest BCUT2D eigenvalue weighted by Crippen LogP contribution is -2.38. The minimum Gasteiger partial charge on any atom is -0.768 e. The Kier molecular flexibility index (Phi) is 6.77. The highest BCUT2D eigenvalue weighted by Gasteiger charge is 2.14. The van der Waals surface area contributed by atoms with Gasteiger partial charge < -0.3 is 14.6 Å². The third kappa shape index (κ3) is 5.49. The van der Waals surface area contributed by atoms with Gasteiger partial charge in [0.05, 0.1) is 6.61 Å². The normalized spacial score (nSPS) is 13.7. The van der Waals surface area contributed by atoms with Crippen LogP contribution in [0.2, 0.25) is 0 Å². The molecular weight excluding hydrogens is 294 g/mol. The fourth-order valence-corrected chi connectivity index (χ4v) is 2.04. The van der Waals surface area contributed by atoms with Crippen LogP contribution in [0.25, 0.3) is 6.08 Å². The highest BCUT2D eigenvalue weighted by Crippen LogP contribution is 2.13. The van der Waals surface area contributed by atoms with Crippen molar-refractivity contribution in [2.75, 3.05) is 6.61 Å². The first-order chi connectivity index (χ1) is 9.95. The summed E-state index contributed by atoms with van der Waals surface area (Å²) in [7, 11) is 0. The lowest BCUT2D eigenvalue weighted by Gasteiger charge is -2.11. The number of carbonyl (C=O) groups excluding carboxylic acids is 2. The summed E-state index contributed by atoms with van der Waals surface area (Å²) in [6.45, 7) is 3.41. The predicted octanol–water partition coefficient (Wildman–Crippen LogP) is 1.01. The lowest BCUT2D eigenvalue weighted by molar-refractivity contribution is -0.146. The highest BCUT2D eigenvalue weighted by atomic mass is 32.2. The third-order valence-corrected chi connectivity index (χ3v) is 3.24. The first-order valence-electron chi connectivity index (χ1n) is 6.29. The molecule has 0 aliphatic heterocycles. The largest absolute Gasteiger partial charge is 0.768 e. The van der Waals surface area contributed by atoms with Crippen molar-refractivity contribution in [1.29, 1.82) is 0 Å². The van der Waals surface area contributed by atoms with E-state index in [-0.39, 0.29) is 11.5 Å². The van der Waals surface area contributed by atoms with Gasteiger partial charge in [-0.3, -0.25) is 9.00 Å². The van der Waals surface area contributed by atoms with Crippen LogP contribution in [0.1, 0.15) is 19.4 Å². The van der Waals surface area contributed by atoms with Gasteiger partial charge in [-0.2, -0.15) is 0 Å². The van der Waals surface area contributed by atoms with E-state index in [2.05, 4.69) is 5.32 Å². The Labute approximate surface area is 125 Å². The van der Waals surface area contributed by atoms with Gasteiger partial charge in [-0.1, -0.05) is 18.2 Å². The Hall–Kier alpha value is -1.99. The lowest BCUT2D eigenvalue weighted by atomic mass is 10.2. The van der Waals surface area contributed by atoms with Gasteiger partial charge in [0.1, 0.15) is 6.04 Å². The van der Waals surface area contributed by atoms with Gasteiger partial charge in [0, 0.05) is 11.0 Å². The number of hydrogen-bond acceptors (Lipinski definition) is 5. The topological polar surface area (TPSA) is 95.5 Å². The van der Waals surface area contributed by atoms with Crippen LogP contribution in [-0.4, -0.2) is 33.3 Å². The quantitative estimate of drug-likeness (QED) is 0.480. The van der Waals surface area contributed by atoms with E-state index in [1.54, 1.807) is 25.1 Å². The van der Waals surface area contributed by atoms with E-state index in [4.69, 9.17) is 4.74 Å². The molecule has 1 aromatic carbocycles. The molecule has 1 N–H and O–H groups in total. The van der Waals surface area contributed by atoms with Crippen molar-refractivity contribution < 1.29 is 23.1 Å². The number of carbonyl (C=O) groups is 2. The highest BCUT2D eigenvalue weighted by molar-refractivity contribution is 7.79. The fourth-order valence-electron chi connectivity index (χ4n) is 1.52. The molecule has 114 valence electrons. The summed E-state index contributed by atoms with van der Waals surface area (Å²) in [5.74, 6) is -1.04. The Bertz CT molecular complexity index is 570. The van der Waals surface area contributed by atoms with E-state index in [1.165, 1.54) is 25.1 Å². The van der Waals surface area contributed by atoms with Crippen LogP contribution in [0.15, 0.2) is 35.2 Å². The summed E-state index contributed by atoms with van der Waals surface area (Å²) in [6, 6.07) is 5.48. The number of hydrogen-bond donors (Lipinski definition) is 1. The second-order valence-electron chi connectivity index (χ2n) is 4.09. The van der Waals surface area contributed by atoms with Crippen LogP contribution in [0.3, 0.4) is 0 Å². The maximum absolute atomic E-state index is 11.7. The number of ether oxygens (including phenoxy) is 1. The van der Waals surface area contributed by atoms with E-state index in [9.17, 15) is 18.4 Å². The number of nitrogens with one attached hydrogen (secondary N) is 1. The summed E-state index contributed by atoms with van der Waals surface area (Å²) in [4.78, 5) is 23.1. The van der Waals surface area contributed by atoms with E-state index in [1.807, 2.05) is 0 Å². The maximum Gasteiger partial charge on any atom is 0.328 e.